The maximum Gasteiger partial charge on any atom is 0.337 e. The summed E-state index contributed by atoms with van der Waals surface area (Å²) in [5.74, 6) is 1.52. The van der Waals surface area contributed by atoms with E-state index in [-0.39, 0.29) is 17.2 Å². The summed E-state index contributed by atoms with van der Waals surface area (Å²) in [6.45, 7) is 0. The maximum absolute atomic E-state index is 12.4. The van der Waals surface area contributed by atoms with Crippen molar-refractivity contribution < 1.29 is 19.1 Å². The fourth-order valence-corrected chi connectivity index (χ4v) is 6.08. The van der Waals surface area contributed by atoms with Crippen molar-refractivity contribution in [2.24, 2.45) is 23.2 Å². The molecule has 5 rings (SSSR count). The van der Waals surface area contributed by atoms with Gasteiger partial charge in [0.1, 0.15) is 0 Å². The average molecular weight is 396 g/mol. The van der Waals surface area contributed by atoms with Gasteiger partial charge < -0.3 is 4.74 Å². The normalized spacial score (nSPS) is 29.6. The van der Waals surface area contributed by atoms with E-state index < -0.39 is 5.97 Å². The summed E-state index contributed by atoms with van der Waals surface area (Å²) in [5, 5.41) is 0. The molecule has 2 amide bonds. The van der Waals surface area contributed by atoms with Gasteiger partial charge in [-0.15, -0.1) is 0 Å². The molecule has 4 aliphatic carbocycles. The minimum Gasteiger partial charge on any atom is -0.465 e. The van der Waals surface area contributed by atoms with E-state index in [1.54, 1.807) is 30.3 Å². The molecule has 1 aromatic rings. The number of nitrogens with one attached hydrogen (secondary N) is 2. The Morgan fingerprint density at radius 1 is 1.00 bits per heavy atom. The van der Waals surface area contributed by atoms with Crippen LogP contribution in [0, 0.1) is 23.2 Å². The van der Waals surface area contributed by atoms with E-state index in [1.165, 1.54) is 51.7 Å². The van der Waals surface area contributed by atoms with Crippen molar-refractivity contribution in [3.8, 4) is 0 Å². The lowest BCUT2D eigenvalue weighted by molar-refractivity contribution is -0.133. The second kappa shape index (κ2) is 8.01. The highest BCUT2D eigenvalue weighted by atomic mass is 16.5. The van der Waals surface area contributed by atoms with E-state index >= 15 is 0 Å². The van der Waals surface area contributed by atoms with Gasteiger partial charge in [-0.25, -0.2) is 4.79 Å². The third-order valence-corrected chi connectivity index (χ3v) is 6.78. The number of rotatable bonds is 5. The van der Waals surface area contributed by atoms with Gasteiger partial charge in [0.25, 0.3) is 5.91 Å². The standard InChI is InChI=1S/C23H28N2O4/c1-29-22(28)19-5-2-15(3-6-19)4-7-20(26)24-25-21(27)14-23-11-16-8-17(12-23)10-18(9-16)13-23/h2-7,16-18H,8-14H2,1H3,(H,24,26)(H,25,27). The minimum absolute atomic E-state index is 0.101. The van der Waals surface area contributed by atoms with Crippen LogP contribution in [0.1, 0.15) is 60.9 Å². The zero-order valence-corrected chi connectivity index (χ0v) is 16.8. The molecule has 4 saturated carbocycles. The average Bonchev–Trinajstić information content (AvgIpc) is 2.69. The first-order chi connectivity index (χ1) is 13.9. The van der Waals surface area contributed by atoms with Gasteiger partial charge in [0.15, 0.2) is 0 Å². The topological polar surface area (TPSA) is 84.5 Å². The van der Waals surface area contributed by atoms with Gasteiger partial charge in [-0.2, -0.15) is 0 Å². The quantitative estimate of drug-likeness (QED) is 0.455. The summed E-state index contributed by atoms with van der Waals surface area (Å²) < 4.78 is 4.65. The molecule has 4 bridgehead atoms. The Hall–Kier alpha value is -2.63. The number of carbonyl (C=O) groups is 3. The van der Waals surface area contributed by atoms with Crippen LogP contribution < -0.4 is 10.9 Å². The van der Waals surface area contributed by atoms with Gasteiger partial charge in [0.2, 0.25) is 5.91 Å². The van der Waals surface area contributed by atoms with Gasteiger partial charge >= 0.3 is 5.97 Å². The fraction of sp³-hybridized carbons (Fsp3) is 0.522. The number of carbonyl (C=O) groups excluding carboxylic acids is 3. The van der Waals surface area contributed by atoms with Gasteiger partial charge in [-0.1, -0.05) is 12.1 Å². The lowest BCUT2D eigenvalue weighted by Gasteiger charge is -2.56. The molecule has 1 aromatic carbocycles. The SMILES string of the molecule is COC(=O)c1ccc(C=CC(=O)NNC(=O)CC23CC4CC(CC(C4)C2)C3)cc1. The van der Waals surface area contributed by atoms with Crippen LogP contribution >= 0.6 is 0 Å². The number of hydrazine groups is 1. The molecule has 4 fully saturated rings. The van der Waals surface area contributed by atoms with Crippen LogP contribution in [0.5, 0.6) is 0 Å². The zero-order chi connectivity index (χ0) is 20.4. The summed E-state index contributed by atoms with van der Waals surface area (Å²) in [6, 6.07) is 6.72. The molecule has 0 aromatic heterocycles. The van der Waals surface area contributed by atoms with E-state index in [0.717, 1.165) is 23.3 Å². The van der Waals surface area contributed by atoms with Crippen molar-refractivity contribution in [2.45, 2.75) is 44.9 Å². The minimum atomic E-state index is -0.403. The van der Waals surface area contributed by atoms with Crippen LogP contribution in [0.3, 0.4) is 0 Å². The first kappa shape index (κ1) is 19.7. The van der Waals surface area contributed by atoms with Crippen molar-refractivity contribution in [3.63, 3.8) is 0 Å². The molecule has 0 atom stereocenters. The number of ether oxygens (including phenoxy) is 1. The molecular formula is C23H28N2O4. The summed E-state index contributed by atoms with van der Waals surface area (Å²) in [7, 11) is 1.33. The van der Waals surface area contributed by atoms with Crippen LogP contribution in [-0.2, 0) is 14.3 Å². The fourth-order valence-electron chi connectivity index (χ4n) is 6.08. The van der Waals surface area contributed by atoms with Crippen LogP contribution in [0.15, 0.2) is 30.3 Å². The molecule has 6 heteroatoms. The number of hydrogen-bond acceptors (Lipinski definition) is 4. The Labute approximate surface area is 171 Å². The van der Waals surface area contributed by atoms with Gasteiger partial charge in [0, 0.05) is 12.5 Å². The number of benzene rings is 1. The highest BCUT2D eigenvalue weighted by Gasteiger charge is 2.51. The Kier molecular flexibility index (Phi) is 5.43. The third-order valence-electron chi connectivity index (χ3n) is 6.78. The number of amides is 2. The monoisotopic (exact) mass is 396 g/mol. The van der Waals surface area contributed by atoms with Crippen molar-refractivity contribution in [1.29, 1.82) is 0 Å². The van der Waals surface area contributed by atoms with Crippen LogP contribution in [0.4, 0.5) is 0 Å². The largest absolute Gasteiger partial charge is 0.465 e. The van der Waals surface area contributed by atoms with Gasteiger partial charge in [-0.05, 0) is 85.5 Å². The first-order valence-corrected chi connectivity index (χ1v) is 10.4. The van der Waals surface area contributed by atoms with Gasteiger partial charge in [-0.3, -0.25) is 20.4 Å². The molecule has 2 N–H and O–H groups in total. The molecule has 154 valence electrons. The Balaban J connectivity index is 1.25. The highest BCUT2D eigenvalue weighted by Crippen LogP contribution is 2.61. The molecular weight excluding hydrogens is 368 g/mol. The summed E-state index contributed by atoms with van der Waals surface area (Å²) >= 11 is 0. The summed E-state index contributed by atoms with van der Waals surface area (Å²) in [5.41, 5.74) is 6.42. The second-order valence-corrected chi connectivity index (χ2v) is 9.08. The number of esters is 1. The Morgan fingerprint density at radius 3 is 2.14 bits per heavy atom. The van der Waals surface area contributed by atoms with E-state index in [4.69, 9.17) is 0 Å². The molecule has 0 radical (unpaired) electrons. The van der Waals surface area contributed by atoms with Crippen molar-refractivity contribution >= 4 is 23.9 Å². The van der Waals surface area contributed by atoms with Crippen LogP contribution in [-0.4, -0.2) is 24.9 Å². The van der Waals surface area contributed by atoms with E-state index in [2.05, 4.69) is 15.6 Å². The number of hydrogen-bond donors (Lipinski definition) is 2. The molecule has 0 heterocycles. The zero-order valence-electron chi connectivity index (χ0n) is 16.8. The predicted molar refractivity (Wildman–Crippen MR) is 108 cm³/mol. The van der Waals surface area contributed by atoms with Crippen molar-refractivity contribution in [3.05, 3.63) is 41.5 Å². The Morgan fingerprint density at radius 2 is 1.59 bits per heavy atom. The summed E-state index contributed by atoms with van der Waals surface area (Å²) in [4.78, 5) is 35.9. The molecule has 0 saturated heterocycles. The van der Waals surface area contributed by atoms with Gasteiger partial charge in [0.05, 0.1) is 12.7 Å². The van der Waals surface area contributed by atoms with E-state index in [9.17, 15) is 14.4 Å². The molecule has 0 spiro atoms. The van der Waals surface area contributed by atoms with Crippen LogP contribution in [0.25, 0.3) is 6.08 Å². The lowest BCUT2D eigenvalue weighted by Crippen LogP contribution is -2.49. The molecule has 0 unspecified atom stereocenters. The molecule has 29 heavy (non-hydrogen) atoms. The molecule has 6 nitrogen and oxygen atoms in total. The van der Waals surface area contributed by atoms with Crippen LogP contribution in [0.2, 0.25) is 0 Å². The summed E-state index contributed by atoms with van der Waals surface area (Å²) in [6.07, 6.45) is 11.1. The maximum atomic E-state index is 12.4. The third kappa shape index (κ3) is 4.52. The first-order valence-electron chi connectivity index (χ1n) is 10.4. The van der Waals surface area contributed by atoms with E-state index in [0.29, 0.717) is 12.0 Å². The smallest absolute Gasteiger partial charge is 0.337 e. The van der Waals surface area contributed by atoms with Crippen molar-refractivity contribution in [1.82, 2.24) is 10.9 Å². The lowest BCUT2D eigenvalue weighted by atomic mass is 9.49. The molecule has 0 aliphatic heterocycles. The highest BCUT2D eigenvalue weighted by molar-refractivity contribution is 5.93. The second-order valence-electron chi connectivity index (χ2n) is 9.08. The van der Waals surface area contributed by atoms with Crippen molar-refractivity contribution in [2.75, 3.05) is 7.11 Å². The number of methoxy groups -OCH3 is 1. The predicted octanol–water partition coefficient (Wildman–Crippen LogP) is 3.24. The molecule has 4 aliphatic rings. The Bertz CT molecular complexity index is 793. The van der Waals surface area contributed by atoms with E-state index in [1.807, 2.05) is 0 Å².